The molecule has 0 heterocycles. The Bertz CT molecular complexity index is 1010. The van der Waals surface area contributed by atoms with Gasteiger partial charge in [0.2, 0.25) is 0 Å². The summed E-state index contributed by atoms with van der Waals surface area (Å²) in [6.45, 7) is 2.16. The quantitative estimate of drug-likeness (QED) is 0.263. The molecule has 0 atom stereocenters. The van der Waals surface area contributed by atoms with Crippen molar-refractivity contribution in [2.24, 2.45) is 0 Å². The fraction of sp³-hybridized carbons (Fsp3) is 0.333. The number of hydrogen-bond donors (Lipinski definition) is 0. The third-order valence-corrected chi connectivity index (χ3v) is 5.06. The lowest BCUT2D eigenvalue weighted by atomic mass is 9.98. The SMILES string of the molecule is CCCCCCCc1ccc(-c2ccc3c(F)c(OC(F)(F)F)ccc3c2)c(F)c1. The molecule has 0 saturated heterocycles. The Morgan fingerprint density at radius 3 is 2.30 bits per heavy atom. The third kappa shape index (κ3) is 5.49. The van der Waals surface area contributed by atoms with E-state index in [2.05, 4.69) is 11.7 Å². The molecule has 0 radical (unpaired) electrons. The first-order valence-corrected chi connectivity index (χ1v) is 10.1. The highest BCUT2D eigenvalue weighted by Crippen LogP contribution is 2.33. The van der Waals surface area contributed by atoms with Gasteiger partial charge in [0.1, 0.15) is 5.82 Å². The molecule has 0 aliphatic heterocycles. The van der Waals surface area contributed by atoms with Gasteiger partial charge in [0.05, 0.1) is 0 Å². The molecule has 3 rings (SSSR count). The first-order chi connectivity index (χ1) is 14.3. The number of hydrogen-bond acceptors (Lipinski definition) is 1. The second-order valence-corrected chi connectivity index (χ2v) is 7.34. The van der Waals surface area contributed by atoms with Crippen LogP contribution in [0.1, 0.15) is 44.6 Å². The number of ether oxygens (including phenoxy) is 1. The number of halogens is 5. The molecule has 0 aromatic heterocycles. The first kappa shape index (κ1) is 22.1. The summed E-state index contributed by atoms with van der Waals surface area (Å²) in [6.07, 6.45) is 1.53. The van der Waals surface area contributed by atoms with Crippen molar-refractivity contribution in [1.82, 2.24) is 0 Å². The van der Waals surface area contributed by atoms with Crippen LogP contribution in [0, 0.1) is 11.6 Å². The van der Waals surface area contributed by atoms with Gasteiger partial charge >= 0.3 is 6.36 Å². The first-order valence-electron chi connectivity index (χ1n) is 10.1. The van der Waals surface area contributed by atoms with Crippen LogP contribution in [-0.2, 0) is 6.42 Å². The Balaban J connectivity index is 1.80. The van der Waals surface area contributed by atoms with E-state index in [1.807, 2.05) is 6.07 Å². The van der Waals surface area contributed by atoms with Gasteiger partial charge in [0, 0.05) is 10.9 Å². The van der Waals surface area contributed by atoms with Gasteiger partial charge in [-0.15, -0.1) is 13.2 Å². The Hall–Kier alpha value is -2.63. The van der Waals surface area contributed by atoms with Gasteiger partial charge in [-0.05, 0) is 47.6 Å². The standard InChI is InChI=1S/C24H23F5O/c1-2-3-4-5-6-7-16-8-11-19(21(25)14-16)17-9-12-20-18(15-17)10-13-22(23(20)26)30-24(27,28)29/h8-15H,2-7H2,1H3. The normalized spacial score (nSPS) is 11.8. The maximum Gasteiger partial charge on any atom is 0.573 e. The summed E-state index contributed by atoms with van der Waals surface area (Å²) in [5, 5.41) is 0.337. The van der Waals surface area contributed by atoms with Gasteiger partial charge in [0.15, 0.2) is 11.6 Å². The van der Waals surface area contributed by atoms with Gasteiger partial charge in [-0.3, -0.25) is 0 Å². The van der Waals surface area contributed by atoms with E-state index in [-0.39, 0.29) is 11.2 Å². The highest BCUT2D eigenvalue weighted by atomic mass is 19.4. The van der Waals surface area contributed by atoms with E-state index in [0.717, 1.165) is 30.9 Å². The topological polar surface area (TPSA) is 9.23 Å². The molecule has 6 heteroatoms. The van der Waals surface area contributed by atoms with Crippen molar-refractivity contribution in [1.29, 1.82) is 0 Å². The number of fused-ring (bicyclic) bond motifs is 1. The van der Waals surface area contributed by atoms with Crippen LogP contribution < -0.4 is 4.74 Å². The van der Waals surface area contributed by atoms with E-state index in [1.165, 1.54) is 43.5 Å². The summed E-state index contributed by atoms with van der Waals surface area (Å²) in [6, 6.07) is 11.7. The molecule has 0 fully saturated rings. The Kier molecular flexibility index (Phi) is 6.95. The molecule has 30 heavy (non-hydrogen) atoms. The zero-order chi connectivity index (χ0) is 21.7. The minimum Gasteiger partial charge on any atom is -0.403 e. The zero-order valence-electron chi connectivity index (χ0n) is 16.7. The van der Waals surface area contributed by atoms with Crippen molar-refractivity contribution in [2.45, 2.75) is 51.8 Å². The fourth-order valence-corrected chi connectivity index (χ4v) is 3.52. The van der Waals surface area contributed by atoms with E-state index in [1.54, 1.807) is 12.1 Å². The van der Waals surface area contributed by atoms with Gasteiger partial charge in [-0.25, -0.2) is 8.78 Å². The summed E-state index contributed by atoms with van der Waals surface area (Å²) < 4.78 is 69.9. The summed E-state index contributed by atoms with van der Waals surface area (Å²) in [5.74, 6) is -2.37. The van der Waals surface area contributed by atoms with Gasteiger partial charge in [-0.1, -0.05) is 62.9 Å². The molecule has 0 amide bonds. The lowest BCUT2D eigenvalue weighted by molar-refractivity contribution is -0.275. The van der Waals surface area contributed by atoms with E-state index < -0.39 is 17.9 Å². The minimum atomic E-state index is -4.98. The predicted octanol–water partition coefficient (Wildman–Crippen LogP) is 8.20. The second-order valence-electron chi connectivity index (χ2n) is 7.34. The van der Waals surface area contributed by atoms with Gasteiger partial charge in [-0.2, -0.15) is 0 Å². The number of aryl methyl sites for hydroxylation is 1. The highest BCUT2D eigenvalue weighted by Gasteiger charge is 2.32. The summed E-state index contributed by atoms with van der Waals surface area (Å²) in [7, 11) is 0. The fourth-order valence-electron chi connectivity index (χ4n) is 3.52. The highest BCUT2D eigenvalue weighted by molar-refractivity contribution is 5.89. The number of unbranched alkanes of at least 4 members (excludes halogenated alkanes) is 4. The van der Waals surface area contributed by atoms with Crippen molar-refractivity contribution in [2.75, 3.05) is 0 Å². The predicted molar refractivity (Wildman–Crippen MR) is 108 cm³/mol. The van der Waals surface area contributed by atoms with Gasteiger partial charge in [0.25, 0.3) is 0 Å². The molecule has 0 saturated carbocycles. The van der Waals surface area contributed by atoms with Crippen molar-refractivity contribution < 1.29 is 26.7 Å². The summed E-state index contributed by atoms with van der Waals surface area (Å²) in [5.41, 5.74) is 1.81. The molecular formula is C24H23F5O. The largest absolute Gasteiger partial charge is 0.573 e. The lowest BCUT2D eigenvalue weighted by Crippen LogP contribution is -2.17. The monoisotopic (exact) mass is 422 g/mol. The zero-order valence-corrected chi connectivity index (χ0v) is 16.7. The summed E-state index contributed by atoms with van der Waals surface area (Å²) in [4.78, 5) is 0. The minimum absolute atomic E-state index is 0.0235. The van der Waals surface area contributed by atoms with Crippen LogP contribution in [0.2, 0.25) is 0 Å². The van der Waals surface area contributed by atoms with Crippen molar-refractivity contribution in [3.63, 3.8) is 0 Å². The maximum absolute atomic E-state index is 14.7. The number of benzene rings is 3. The van der Waals surface area contributed by atoms with Crippen LogP contribution in [0.4, 0.5) is 22.0 Å². The Morgan fingerprint density at radius 2 is 1.60 bits per heavy atom. The molecule has 3 aromatic rings. The Labute approximate surface area is 172 Å². The molecule has 0 unspecified atom stereocenters. The van der Waals surface area contributed by atoms with Crippen LogP contribution >= 0.6 is 0 Å². The van der Waals surface area contributed by atoms with Gasteiger partial charge < -0.3 is 4.74 Å². The van der Waals surface area contributed by atoms with Crippen molar-refractivity contribution in [3.8, 4) is 16.9 Å². The molecule has 3 aromatic carbocycles. The van der Waals surface area contributed by atoms with Crippen LogP contribution in [0.5, 0.6) is 5.75 Å². The average Bonchev–Trinajstić information content (AvgIpc) is 2.69. The molecule has 160 valence electrons. The van der Waals surface area contributed by atoms with Crippen molar-refractivity contribution >= 4 is 10.8 Å². The van der Waals surface area contributed by atoms with Crippen LogP contribution in [0.25, 0.3) is 21.9 Å². The van der Waals surface area contributed by atoms with Crippen LogP contribution in [0.15, 0.2) is 48.5 Å². The summed E-state index contributed by atoms with van der Waals surface area (Å²) >= 11 is 0. The lowest BCUT2D eigenvalue weighted by Gasteiger charge is -2.12. The van der Waals surface area contributed by atoms with Crippen LogP contribution in [-0.4, -0.2) is 6.36 Å². The van der Waals surface area contributed by atoms with Crippen LogP contribution in [0.3, 0.4) is 0 Å². The van der Waals surface area contributed by atoms with E-state index in [0.29, 0.717) is 16.5 Å². The molecule has 1 nitrogen and oxygen atoms in total. The maximum atomic E-state index is 14.7. The number of rotatable bonds is 8. The molecule has 0 aliphatic rings. The average molecular weight is 422 g/mol. The second kappa shape index (κ2) is 9.45. The molecular weight excluding hydrogens is 399 g/mol. The van der Waals surface area contributed by atoms with E-state index in [4.69, 9.17) is 0 Å². The molecule has 0 spiro atoms. The van der Waals surface area contributed by atoms with E-state index in [9.17, 15) is 22.0 Å². The molecule has 0 bridgehead atoms. The van der Waals surface area contributed by atoms with E-state index >= 15 is 0 Å². The van der Waals surface area contributed by atoms with Crippen molar-refractivity contribution in [3.05, 3.63) is 65.7 Å². The Morgan fingerprint density at radius 1 is 0.833 bits per heavy atom. The smallest absolute Gasteiger partial charge is 0.403 e. The third-order valence-electron chi connectivity index (χ3n) is 5.06. The molecule has 0 aliphatic carbocycles. The number of alkyl halides is 3. The molecule has 0 N–H and O–H groups in total.